The van der Waals surface area contributed by atoms with E-state index < -0.39 is 11.4 Å². The van der Waals surface area contributed by atoms with E-state index in [9.17, 15) is 4.79 Å². The third-order valence-electron chi connectivity index (χ3n) is 1.76. The number of aliphatic carboxylic acids is 1. The van der Waals surface area contributed by atoms with Crippen molar-refractivity contribution in [1.82, 2.24) is 5.32 Å². The van der Waals surface area contributed by atoms with Gasteiger partial charge in [0.2, 0.25) is 0 Å². The molecule has 0 amide bonds. The molecule has 0 atom stereocenters. The zero-order valence-electron chi connectivity index (χ0n) is 7.48. The van der Waals surface area contributed by atoms with E-state index in [-0.39, 0.29) is 0 Å². The zero-order chi connectivity index (χ0) is 8.91. The van der Waals surface area contributed by atoms with Crippen molar-refractivity contribution in [3.05, 3.63) is 0 Å². The van der Waals surface area contributed by atoms with Gasteiger partial charge in [-0.25, -0.2) is 0 Å². The lowest BCUT2D eigenvalue weighted by molar-refractivity contribution is -0.147. The predicted octanol–water partition coefficient (Wildman–Crippen LogP) is 1.10. The van der Waals surface area contributed by atoms with E-state index in [0.29, 0.717) is 6.42 Å². The Hall–Kier alpha value is -0.570. The predicted molar refractivity (Wildman–Crippen MR) is 44.6 cm³/mol. The van der Waals surface area contributed by atoms with Crippen molar-refractivity contribution in [2.75, 3.05) is 13.1 Å². The Morgan fingerprint density at radius 3 is 2.45 bits per heavy atom. The minimum atomic E-state index is -0.726. The summed E-state index contributed by atoms with van der Waals surface area (Å²) in [4.78, 5) is 10.6. The van der Waals surface area contributed by atoms with E-state index in [0.717, 1.165) is 13.1 Å². The van der Waals surface area contributed by atoms with Gasteiger partial charge in [-0.15, -0.1) is 0 Å². The van der Waals surface area contributed by atoms with Crippen LogP contribution in [0.25, 0.3) is 0 Å². The molecule has 0 saturated heterocycles. The molecule has 0 heterocycles. The lowest BCUT2D eigenvalue weighted by atomic mass is 9.90. The van der Waals surface area contributed by atoms with Crippen molar-refractivity contribution < 1.29 is 9.90 Å². The summed E-state index contributed by atoms with van der Waals surface area (Å²) in [7, 11) is 0. The first-order valence-electron chi connectivity index (χ1n) is 3.95. The van der Waals surface area contributed by atoms with Crippen LogP contribution in [0.3, 0.4) is 0 Å². The average Bonchev–Trinajstić information content (AvgIpc) is 1.88. The molecule has 0 bridgehead atoms. The SMILES string of the molecule is CCNCCC(C)(C)C(=O)O. The minimum Gasteiger partial charge on any atom is -0.481 e. The summed E-state index contributed by atoms with van der Waals surface area (Å²) in [5.41, 5.74) is -0.595. The first-order chi connectivity index (χ1) is 5.00. The first-order valence-corrected chi connectivity index (χ1v) is 3.95. The van der Waals surface area contributed by atoms with Crippen molar-refractivity contribution in [1.29, 1.82) is 0 Å². The van der Waals surface area contributed by atoms with E-state index in [2.05, 4.69) is 5.32 Å². The van der Waals surface area contributed by atoms with Crippen LogP contribution in [0.4, 0.5) is 0 Å². The number of hydrogen-bond acceptors (Lipinski definition) is 2. The van der Waals surface area contributed by atoms with Gasteiger partial charge in [0.25, 0.3) is 0 Å². The van der Waals surface area contributed by atoms with E-state index in [4.69, 9.17) is 5.11 Å². The molecule has 0 aliphatic carbocycles. The van der Waals surface area contributed by atoms with Gasteiger partial charge in [-0.3, -0.25) is 4.79 Å². The fourth-order valence-electron chi connectivity index (χ4n) is 0.685. The summed E-state index contributed by atoms with van der Waals surface area (Å²) in [5.74, 6) is -0.726. The summed E-state index contributed by atoms with van der Waals surface area (Å²) in [5, 5.41) is 11.8. The van der Waals surface area contributed by atoms with Crippen LogP contribution in [0.5, 0.6) is 0 Å². The Morgan fingerprint density at radius 2 is 2.09 bits per heavy atom. The van der Waals surface area contributed by atoms with E-state index in [1.165, 1.54) is 0 Å². The summed E-state index contributed by atoms with van der Waals surface area (Å²) in [6, 6.07) is 0. The Morgan fingerprint density at radius 1 is 1.55 bits per heavy atom. The van der Waals surface area contributed by atoms with E-state index in [1.807, 2.05) is 6.92 Å². The number of rotatable bonds is 5. The van der Waals surface area contributed by atoms with E-state index in [1.54, 1.807) is 13.8 Å². The monoisotopic (exact) mass is 159 g/mol. The summed E-state index contributed by atoms with van der Waals surface area (Å²) in [6.45, 7) is 7.17. The van der Waals surface area contributed by atoms with Gasteiger partial charge in [-0.2, -0.15) is 0 Å². The normalized spacial score (nSPS) is 11.5. The molecule has 11 heavy (non-hydrogen) atoms. The lowest BCUT2D eigenvalue weighted by Gasteiger charge is -2.18. The average molecular weight is 159 g/mol. The summed E-state index contributed by atoms with van der Waals surface area (Å²) < 4.78 is 0. The van der Waals surface area contributed by atoms with Crippen LogP contribution in [0.1, 0.15) is 27.2 Å². The minimum absolute atomic E-state index is 0.595. The van der Waals surface area contributed by atoms with Crippen molar-refractivity contribution in [3.8, 4) is 0 Å². The maximum atomic E-state index is 10.6. The van der Waals surface area contributed by atoms with Gasteiger partial charge in [0.05, 0.1) is 5.41 Å². The van der Waals surface area contributed by atoms with Crippen molar-refractivity contribution >= 4 is 5.97 Å². The molecule has 66 valence electrons. The second kappa shape index (κ2) is 4.34. The smallest absolute Gasteiger partial charge is 0.309 e. The Bertz CT molecular complexity index is 132. The molecule has 0 aromatic heterocycles. The van der Waals surface area contributed by atoms with Gasteiger partial charge in [0.15, 0.2) is 0 Å². The Kier molecular flexibility index (Phi) is 4.11. The lowest BCUT2D eigenvalue weighted by Crippen LogP contribution is -2.28. The molecule has 3 heteroatoms. The zero-order valence-corrected chi connectivity index (χ0v) is 7.48. The molecule has 3 nitrogen and oxygen atoms in total. The highest BCUT2D eigenvalue weighted by Crippen LogP contribution is 2.18. The largest absolute Gasteiger partial charge is 0.481 e. The van der Waals surface area contributed by atoms with E-state index >= 15 is 0 Å². The molecule has 0 fully saturated rings. The number of carboxylic acid groups (broad SMARTS) is 1. The standard InChI is InChI=1S/C8H17NO2/c1-4-9-6-5-8(2,3)7(10)11/h9H,4-6H2,1-3H3,(H,10,11). The van der Waals surface area contributed by atoms with Crippen LogP contribution in [-0.2, 0) is 4.79 Å². The van der Waals surface area contributed by atoms with Gasteiger partial charge in [0, 0.05) is 0 Å². The molecule has 0 spiro atoms. The number of nitrogens with one attached hydrogen (secondary N) is 1. The second-order valence-corrected chi connectivity index (χ2v) is 3.29. The highest BCUT2D eigenvalue weighted by Gasteiger charge is 2.25. The highest BCUT2D eigenvalue weighted by atomic mass is 16.4. The molecule has 0 radical (unpaired) electrons. The van der Waals surface area contributed by atoms with Crippen LogP contribution in [-0.4, -0.2) is 24.2 Å². The second-order valence-electron chi connectivity index (χ2n) is 3.29. The van der Waals surface area contributed by atoms with Crippen LogP contribution in [0, 0.1) is 5.41 Å². The molecule has 0 rings (SSSR count). The van der Waals surface area contributed by atoms with Gasteiger partial charge in [-0.1, -0.05) is 6.92 Å². The molecular formula is C8H17NO2. The van der Waals surface area contributed by atoms with Gasteiger partial charge < -0.3 is 10.4 Å². The first kappa shape index (κ1) is 10.4. The molecular weight excluding hydrogens is 142 g/mol. The van der Waals surface area contributed by atoms with Crippen molar-refractivity contribution in [2.24, 2.45) is 5.41 Å². The fourth-order valence-corrected chi connectivity index (χ4v) is 0.685. The fraction of sp³-hybridized carbons (Fsp3) is 0.875. The molecule has 0 aliphatic rings. The van der Waals surface area contributed by atoms with Crippen LogP contribution < -0.4 is 5.32 Å². The number of carbonyl (C=O) groups is 1. The molecule has 0 unspecified atom stereocenters. The third kappa shape index (κ3) is 3.98. The van der Waals surface area contributed by atoms with Crippen molar-refractivity contribution in [2.45, 2.75) is 27.2 Å². The molecule has 0 saturated carbocycles. The van der Waals surface area contributed by atoms with Crippen LogP contribution in [0.15, 0.2) is 0 Å². The molecule has 2 N–H and O–H groups in total. The van der Waals surface area contributed by atoms with Gasteiger partial charge in [-0.05, 0) is 33.4 Å². The maximum Gasteiger partial charge on any atom is 0.309 e. The van der Waals surface area contributed by atoms with Gasteiger partial charge >= 0.3 is 5.97 Å². The van der Waals surface area contributed by atoms with Crippen LogP contribution >= 0.6 is 0 Å². The topological polar surface area (TPSA) is 49.3 Å². The van der Waals surface area contributed by atoms with Crippen LogP contribution in [0.2, 0.25) is 0 Å². The quantitative estimate of drug-likeness (QED) is 0.590. The Balaban J connectivity index is 3.64. The Labute approximate surface area is 67.8 Å². The van der Waals surface area contributed by atoms with Gasteiger partial charge in [0.1, 0.15) is 0 Å². The summed E-state index contributed by atoms with van der Waals surface area (Å²) in [6.07, 6.45) is 0.677. The maximum absolute atomic E-state index is 10.6. The summed E-state index contributed by atoms with van der Waals surface area (Å²) >= 11 is 0. The third-order valence-corrected chi connectivity index (χ3v) is 1.76. The number of carboxylic acids is 1. The molecule has 0 aromatic carbocycles. The number of hydrogen-bond donors (Lipinski definition) is 2. The molecule has 0 aromatic rings. The van der Waals surface area contributed by atoms with Crippen molar-refractivity contribution in [3.63, 3.8) is 0 Å². The highest BCUT2D eigenvalue weighted by molar-refractivity contribution is 5.73. The molecule has 0 aliphatic heterocycles.